The second kappa shape index (κ2) is 6.72. The molecule has 0 radical (unpaired) electrons. The summed E-state index contributed by atoms with van der Waals surface area (Å²) in [6, 6.07) is 0. The topological polar surface area (TPSA) is 49.7 Å². The first kappa shape index (κ1) is 19.0. The van der Waals surface area contributed by atoms with E-state index in [1.165, 1.54) is 6.55 Å². The van der Waals surface area contributed by atoms with E-state index in [0.29, 0.717) is 0 Å². The summed E-state index contributed by atoms with van der Waals surface area (Å²) >= 11 is 0. The van der Waals surface area contributed by atoms with E-state index in [0.717, 1.165) is 0 Å². The molecule has 0 aromatic carbocycles. The molecular weight excluding hydrogens is 198 g/mol. The van der Waals surface area contributed by atoms with Crippen molar-refractivity contribution in [1.82, 2.24) is 0 Å². The van der Waals surface area contributed by atoms with Crippen LogP contribution in [0.5, 0.6) is 0 Å². The Bertz CT molecular complexity index is 86.5. The van der Waals surface area contributed by atoms with Gasteiger partial charge in [0, 0.05) is 6.55 Å². The maximum absolute atomic E-state index is 8.86. The van der Waals surface area contributed by atoms with E-state index in [-0.39, 0.29) is 59.1 Å². The van der Waals surface area contributed by atoms with E-state index in [9.17, 15) is 0 Å². The summed E-state index contributed by atoms with van der Waals surface area (Å²) in [6.45, 7) is 7.12. The van der Waals surface area contributed by atoms with Crippen molar-refractivity contribution in [3.63, 3.8) is 0 Å². The summed E-state index contributed by atoms with van der Waals surface area (Å²) < 4.78 is 5.01. The van der Waals surface area contributed by atoms with E-state index in [4.69, 9.17) is 13.7 Å². The molecule has 0 saturated heterocycles. The van der Waals surface area contributed by atoms with Gasteiger partial charge in [-0.1, -0.05) is 0 Å². The van der Waals surface area contributed by atoms with Gasteiger partial charge in [0.2, 0.25) is 0 Å². The van der Waals surface area contributed by atoms with Crippen molar-refractivity contribution < 1.29 is 13.7 Å². The number of hydrogen-bond donors (Lipinski definition) is 2. The molecule has 0 unspecified atom stereocenters. The third-order valence-corrected chi connectivity index (χ3v) is 4.50. The van der Waals surface area contributed by atoms with Crippen molar-refractivity contribution >= 4 is 76.2 Å². The molecule has 0 aliphatic carbocycles. The molecule has 0 heterocycles. The monoisotopic (exact) mass is 214 g/mol. The average Bonchev–Trinajstić information content (AvgIpc) is 1.14. The van der Waals surface area contributed by atoms with Crippen LogP contribution in [0.3, 0.4) is 0 Å². The van der Waals surface area contributed by atoms with Gasteiger partial charge in [-0.05, 0) is 19.6 Å². The fraction of sp³-hybridized carbons (Fsp3) is 1.00. The zero-order valence-corrected chi connectivity index (χ0v) is 8.30. The Hall–Kier alpha value is 2.31. The Kier molecular flexibility index (Phi) is 11.6. The molecule has 0 saturated carbocycles. The van der Waals surface area contributed by atoms with Crippen LogP contribution in [0, 0.1) is 0 Å². The maximum atomic E-state index is 8.86. The SMILES string of the molecule is C[Si](C)(C)O[Si](C)(O)O.[NaH].[NaH]. The first-order valence-corrected chi connectivity index (χ1v) is 8.57. The Morgan fingerprint density at radius 2 is 1.18 bits per heavy atom. The summed E-state index contributed by atoms with van der Waals surface area (Å²) in [5.74, 6) is 0. The van der Waals surface area contributed by atoms with Gasteiger partial charge in [-0.2, -0.15) is 0 Å². The number of hydrogen-bond acceptors (Lipinski definition) is 3. The van der Waals surface area contributed by atoms with Crippen molar-refractivity contribution in [2.75, 3.05) is 0 Å². The molecule has 7 heteroatoms. The number of rotatable bonds is 2. The average molecular weight is 214 g/mol. The molecule has 0 aromatic rings. The minimum atomic E-state index is -3.23. The molecule has 0 aromatic heterocycles. The zero-order chi connectivity index (χ0) is 7.71. The molecule has 3 nitrogen and oxygen atoms in total. The van der Waals surface area contributed by atoms with Gasteiger partial charge in [0.05, 0.1) is 0 Å². The second-order valence-corrected chi connectivity index (χ2v) is 10.1. The molecular formula is C4H16Na2O3Si2. The van der Waals surface area contributed by atoms with Gasteiger partial charge in [0.25, 0.3) is 0 Å². The summed E-state index contributed by atoms with van der Waals surface area (Å²) in [4.78, 5) is 17.7. The molecule has 0 rings (SSSR count). The summed E-state index contributed by atoms with van der Waals surface area (Å²) in [6.07, 6.45) is 0. The third kappa shape index (κ3) is 19.0. The first-order valence-electron chi connectivity index (χ1n) is 2.86. The van der Waals surface area contributed by atoms with Crippen molar-refractivity contribution in [2.24, 2.45) is 0 Å². The van der Waals surface area contributed by atoms with Crippen LogP contribution >= 0.6 is 0 Å². The minimum absolute atomic E-state index is 0. The molecule has 60 valence electrons. The second-order valence-electron chi connectivity index (χ2n) is 3.15. The Morgan fingerprint density at radius 1 is 0.909 bits per heavy atom. The van der Waals surface area contributed by atoms with Gasteiger partial charge in [-0.15, -0.1) is 0 Å². The van der Waals surface area contributed by atoms with E-state index in [2.05, 4.69) is 0 Å². The molecule has 0 bridgehead atoms. The van der Waals surface area contributed by atoms with Gasteiger partial charge in [0.15, 0.2) is 8.32 Å². The van der Waals surface area contributed by atoms with Gasteiger partial charge >= 0.3 is 67.9 Å². The van der Waals surface area contributed by atoms with Crippen LogP contribution in [0.25, 0.3) is 0 Å². The van der Waals surface area contributed by atoms with Crippen LogP contribution in [-0.4, -0.2) is 85.8 Å². The Labute approximate surface area is 115 Å². The predicted molar refractivity (Wildman–Crippen MR) is 54.8 cm³/mol. The van der Waals surface area contributed by atoms with Crippen LogP contribution in [0.2, 0.25) is 26.2 Å². The molecule has 0 amide bonds. The van der Waals surface area contributed by atoms with Crippen LogP contribution in [-0.2, 0) is 4.12 Å². The van der Waals surface area contributed by atoms with Crippen molar-refractivity contribution in [3.8, 4) is 0 Å². The van der Waals surface area contributed by atoms with E-state index in [1.54, 1.807) is 0 Å². The normalized spacial score (nSPS) is 11.5. The summed E-state index contributed by atoms with van der Waals surface area (Å²) in [7, 11) is -4.96. The molecule has 0 fully saturated rings. The van der Waals surface area contributed by atoms with E-state index < -0.39 is 17.1 Å². The van der Waals surface area contributed by atoms with Crippen molar-refractivity contribution in [3.05, 3.63) is 0 Å². The molecule has 0 atom stereocenters. The van der Waals surface area contributed by atoms with E-state index >= 15 is 0 Å². The van der Waals surface area contributed by atoms with Crippen LogP contribution < -0.4 is 0 Å². The van der Waals surface area contributed by atoms with Crippen molar-refractivity contribution in [2.45, 2.75) is 26.2 Å². The fourth-order valence-corrected chi connectivity index (χ4v) is 5.22. The summed E-state index contributed by atoms with van der Waals surface area (Å²) in [5.41, 5.74) is 0. The molecule has 2 N–H and O–H groups in total. The van der Waals surface area contributed by atoms with Crippen LogP contribution in [0.4, 0.5) is 0 Å². The Balaban J connectivity index is -0.000000320. The molecule has 0 aliphatic rings. The van der Waals surface area contributed by atoms with Gasteiger partial charge in [-0.25, -0.2) is 0 Å². The fourth-order valence-electron chi connectivity index (χ4n) is 0.580. The first-order chi connectivity index (χ1) is 3.71. The molecule has 11 heavy (non-hydrogen) atoms. The Morgan fingerprint density at radius 3 is 1.18 bits per heavy atom. The molecule has 0 spiro atoms. The van der Waals surface area contributed by atoms with Gasteiger partial charge in [-0.3, -0.25) is 0 Å². The predicted octanol–water partition coefficient (Wildman–Crippen LogP) is -0.906. The van der Waals surface area contributed by atoms with E-state index in [1.807, 2.05) is 19.6 Å². The quantitative estimate of drug-likeness (QED) is 0.585. The van der Waals surface area contributed by atoms with Gasteiger partial charge < -0.3 is 13.7 Å². The van der Waals surface area contributed by atoms with Gasteiger partial charge in [0.1, 0.15) is 0 Å². The summed E-state index contributed by atoms with van der Waals surface area (Å²) in [5, 5.41) is 0. The zero-order valence-electron chi connectivity index (χ0n) is 6.30. The van der Waals surface area contributed by atoms with Crippen LogP contribution in [0.1, 0.15) is 0 Å². The van der Waals surface area contributed by atoms with Crippen LogP contribution in [0.15, 0.2) is 0 Å². The molecule has 0 aliphatic heterocycles. The third-order valence-electron chi connectivity index (χ3n) is 0.500. The standard InChI is InChI=1S/C4H14O3Si2.2Na.2H/c1-8(2,3)7-9(4,5)6;;;;/h5-6H,1-4H3;;;;. The van der Waals surface area contributed by atoms with Crippen molar-refractivity contribution in [1.29, 1.82) is 0 Å².